The summed E-state index contributed by atoms with van der Waals surface area (Å²) in [6.07, 6.45) is 58.3. The summed E-state index contributed by atoms with van der Waals surface area (Å²) in [5.41, 5.74) is 0. The van der Waals surface area contributed by atoms with Gasteiger partial charge >= 0.3 is 39.5 Å². The number of aliphatic hydroxyl groups excluding tert-OH is 1. The maximum absolute atomic E-state index is 13.1. The molecule has 0 aliphatic carbocycles. The van der Waals surface area contributed by atoms with Gasteiger partial charge in [-0.1, -0.05) is 356 Å². The Labute approximate surface area is 594 Å². The Balaban J connectivity index is 5.21. The van der Waals surface area contributed by atoms with E-state index in [9.17, 15) is 43.2 Å². The van der Waals surface area contributed by atoms with Crippen LogP contribution in [0.4, 0.5) is 0 Å². The average molecular weight is 1420 g/mol. The highest BCUT2D eigenvalue weighted by Crippen LogP contribution is 2.45. The summed E-state index contributed by atoms with van der Waals surface area (Å²) in [6, 6.07) is 0. The van der Waals surface area contributed by atoms with Gasteiger partial charge in [-0.3, -0.25) is 37.3 Å². The Morgan fingerprint density at radius 1 is 0.278 bits per heavy atom. The van der Waals surface area contributed by atoms with E-state index in [0.717, 1.165) is 108 Å². The van der Waals surface area contributed by atoms with Gasteiger partial charge in [-0.2, -0.15) is 0 Å². The Bertz CT molecular complexity index is 1870. The lowest BCUT2D eigenvalue weighted by atomic mass is 10.0. The highest BCUT2D eigenvalue weighted by molar-refractivity contribution is 7.47. The minimum atomic E-state index is -4.96. The summed E-state index contributed by atoms with van der Waals surface area (Å²) in [7, 11) is -9.91. The molecule has 0 rings (SSSR count). The van der Waals surface area contributed by atoms with Crippen LogP contribution in [0.3, 0.4) is 0 Å². The minimum absolute atomic E-state index is 0.107. The molecule has 97 heavy (non-hydrogen) atoms. The normalized spacial score (nSPS) is 14.0. The predicted octanol–water partition coefficient (Wildman–Crippen LogP) is 23.1. The number of hydrogen-bond donors (Lipinski definition) is 3. The maximum Gasteiger partial charge on any atom is 0.472 e. The van der Waals surface area contributed by atoms with Gasteiger partial charge in [0.15, 0.2) is 12.2 Å². The number of ether oxygens (including phenoxy) is 4. The lowest BCUT2D eigenvalue weighted by Gasteiger charge is -2.21. The van der Waals surface area contributed by atoms with Crippen molar-refractivity contribution in [2.75, 3.05) is 39.6 Å². The first-order valence-electron chi connectivity index (χ1n) is 40.5. The Hall–Kier alpha value is -1.94. The number of phosphoric acid groups is 2. The molecule has 0 aliphatic rings. The van der Waals surface area contributed by atoms with Crippen LogP contribution < -0.4 is 0 Å². The van der Waals surface area contributed by atoms with E-state index in [1.165, 1.54) is 218 Å². The second-order valence-electron chi connectivity index (χ2n) is 29.1. The van der Waals surface area contributed by atoms with Crippen LogP contribution in [0.25, 0.3) is 0 Å². The third-order valence-electron chi connectivity index (χ3n) is 18.2. The number of phosphoric ester groups is 2. The van der Waals surface area contributed by atoms with Crippen molar-refractivity contribution in [1.82, 2.24) is 0 Å². The fourth-order valence-electron chi connectivity index (χ4n) is 12.0. The number of hydrogen-bond acceptors (Lipinski definition) is 15. The summed E-state index contributed by atoms with van der Waals surface area (Å²) in [5.74, 6) is -0.556. The Kier molecular flexibility index (Phi) is 68.4. The van der Waals surface area contributed by atoms with Crippen LogP contribution >= 0.6 is 15.6 Å². The quantitative estimate of drug-likeness (QED) is 0.0222. The zero-order valence-corrected chi connectivity index (χ0v) is 65.2. The van der Waals surface area contributed by atoms with E-state index in [0.29, 0.717) is 25.7 Å². The number of unbranched alkanes of at least 4 members (excludes halogenated alkanes) is 47. The molecule has 0 aliphatic heterocycles. The fraction of sp³-hybridized carbons (Fsp3) is 0.949. The molecule has 0 spiro atoms. The number of carbonyl (C=O) groups is 4. The Morgan fingerprint density at radius 3 is 0.701 bits per heavy atom. The molecule has 0 fully saturated rings. The maximum atomic E-state index is 13.1. The van der Waals surface area contributed by atoms with Crippen molar-refractivity contribution in [2.45, 2.75) is 426 Å². The number of aliphatic hydroxyl groups is 1. The van der Waals surface area contributed by atoms with Crippen LogP contribution in [-0.4, -0.2) is 96.7 Å². The number of rotatable bonds is 77. The van der Waals surface area contributed by atoms with E-state index in [1.54, 1.807) is 0 Å². The molecular weight excluding hydrogens is 1270 g/mol. The van der Waals surface area contributed by atoms with Crippen LogP contribution in [0.15, 0.2) is 0 Å². The molecule has 0 bridgehead atoms. The van der Waals surface area contributed by atoms with Gasteiger partial charge in [0.05, 0.1) is 26.4 Å². The third-order valence-corrected chi connectivity index (χ3v) is 20.1. The summed E-state index contributed by atoms with van der Waals surface area (Å²) in [6.45, 7) is 9.61. The second kappa shape index (κ2) is 69.8. The smallest absolute Gasteiger partial charge is 0.462 e. The van der Waals surface area contributed by atoms with Crippen molar-refractivity contribution in [1.29, 1.82) is 0 Å². The number of carbonyl (C=O) groups excluding carboxylic acids is 4. The summed E-state index contributed by atoms with van der Waals surface area (Å²) in [5, 5.41) is 10.6. The van der Waals surface area contributed by atoms with Gasteiger partial charge in [-0.15, -0.1) is 0 Å². The standard InChI is InChI=1S/C78H152O17P2/c1-7-9-11-13-15-17-18-19-20-21-22-23-24-25-33-38-44-50-56-62-77(82)95-74(67-89-76(81)61-55-49-43-37-32-28-26-30-35-40-46-52-58-70(3)4)69-93-97(86,87)91-65-72(79)64-90-96(84,85)92-68-73(66-88-75(80)60-54-48-42-16-14-12-10-8-2)94-78(83)63-57-51-45-39-34-29-27-31-36-41-47-53-59-71(5)6/h70-74,79H,7-69H2,1-6H3,(H,84,85)(H,86,87)/t72-,73+,74+/m0/s1. The minimum Gasteiger partial charge on any atom is -0.462 e. The van der Waals surface area contributed by atoms with Crippen LogP contribution in [0.1, 0.15) is 408 Å². The first kappa shape index (κ1) is 95.1. The van der Waals surface area contributed by atoms with Crippen LogP contribution in [0, 0.1) is 11.8 Å². The van der Waals surface area contributed by atoms with Gasteiger partial charge in [0.1, 0.15) is 19.3 Å². The molecule has 19 heteroatoms. The zero-order chi connectivity index (χ0) is 71.4. The van der Waals surface area contributed by atoms with E-state index in [2.05, 4.69) is 41.5 Å². The Morgan fingerprint density at radius 2 is 0.474 bits per heavy atom. The zero-order valence-electron chi connectivity index (χ0n) is 63.4. The highest BCUT2D eigenvalue weighted by atomic mass is 31.2. The van der Waals surface area contributed by atoms with Crippen LogP contribution in [0.2, 0.25) is 0 Å². The van der Waals surface area contributed by atoms with Crippen LogP contribution in [0.5, 0.6) is 0 Å². The highest BCUT2D eigenvalue weighted by Gasteiger charge is 2.30. The molecule has 576 valence electrons. The van der Waals surface area contributed by atoms with Crippen molar-refractivity contribution < 1.29 is 80.2 Å². The van der Waals surface area contributed by atoms with E-state index in [4.69, 9.17) is 37.0 Å². The largest absolute Gasteiger partial charge is 0.472 e. The van der Waals surface area contributed by atoms with E-state index >= 15 is 0 Å². The lowest BCUT2D eigenvalue weighted by molar-refractivity contribution is -0.161. The molecule has 0 saturated carbocycles. The van der Waals surface area contributed by atoms with Gasteiger partial charge in [0.2, 0.25) is 0 Å². The van der Waals surface area contributed by atoms with Crippen molar-refractivity contribution in [2.24, 2.45) is 11.8 Å². The molecule has 0 amide bonds. The molecule has 0 heterocycles. The molecule has 0 aromatic heterocycles. The first-order chi connectivity index (χ1) is 46.9. The van der Waals surface area contributed by atoms with Crippen molar-refractivity contribution >= 4 is 39.5 Å². The topological polar surface area (TPSA) is 237 Å². The molecule has 0 saturated heterocycles. The molecule has 3 N–H and O–H groups in total. The summed E-state index contributed by atoms with van der Waals surface area (Å²) < 4.78 is 68.6. The van der Waals surface area contributed by atoms with Gasteiger partial charge in [-0.25, -0.2) is 9.13 Å². The van der Waals surface area contributed by atoms with Crippen molar-refractivity contribution in [3.63, 3.8) is 0 Å². The van der Waals surface area contributed by atoms with Crippen molar-refractivity contribution in [3.05, 3.63) is 0 Å². The van der Waals surface area contributed by atoms with Gasteiger partial charge in [-0.05, 0) is 37.5 Å². The van der Waals surface area contributed by atoms with E-state index in [1.807, 2.05) is 0 Å². The van der Waals surface area contributed by atoms with Crippen LogP contribution in [-0.2, 0) is 65.4 Å². The second-order valence-corrected chi connectivity index (χ2v) is 32.0. The third kappa shape index (κ3) is 72.2. The predicted molar refractivity (Wildman–Crippen MR) is 395 cm³/mol. The monoisotopic (exact) mass is 1420 g/mol. The van der Waals surface area contributed by atoms with E-state index < -0.39 is 97.5 Å². The van der Waals surface area contributed by atoms with Gasteiger partial charge in [0.25, 0.3) is 0 Å². The molecule has 5 atom stereocenters. The van der Waals surface area contributed by atoms with Crippen molar-refractivity contribution in [3.8, 4) is 0 Å². The molecule has 0 aromatic rings. The first-order valence-corrected chi connectivity index (χ1v) is 43.5. The molecule has 17 nitrogen and oxygen atoms in total. The lowest BCUT2D eigenvalue weighted by Crippen LogP contribution is -2.30. The number of esters is 4. The molecule has 0 aromatic carbocycles. The van der Waals surface area contributed by atoms with Gasteiger partial charge in [0, 0.05) is 25.7 Å². The fourth-order valence-corrected chi connectivity index (χ4v) is 13.6. The van der Waals surface area contributed by atoms with E-state index in [-0.39, 0.29) is 25.7 Å². The molecule has 2 unspecified atom stereocenters. The SMILES string of the molecule is CCCCCCCCCCCCCCCCCCCCCC(=O)O[C@H](COC(=O)CCCCCCCCCCCCCCC(C)C)COP(=O)(O)OC[C@@H](O)COP(=O)(O)OC[C@@H](COC(=O)CCCCCCCCCC)OC(=O)CCCCCCCCCCCCCCC(C)C. The summed E-state index contributed by atoms with van der Waals surface area (Å²) >= 11 is 0. The van der Waals surface area contributed by atoms with Gasteiger partial charge < -0.3 is 33.8 Å². The molecule has 0 radical (unpaired) electrons. The average Bonchev–Trinajstić information content (AvgIpc) is 1.46. The summed E-state index contributed by atoms with van der Waals surface area (Å²) in [4.78, 5) is 72.8. The molecular formula is C78H152O17P2.